The van der Waals surface area contributed by atoms with Gasteiger partial charge in [-0.3, -0.25) is 4.79 Å². The van der Waals surface area contributed by atoms with Crippen LogP contribution in [0, 0.1) is 0 Å². The van der Waals surface area contributed by atoms with Gasteiger partial charge in [-0.1, -0.05) is 42.5 Å². The van der Waals surface area contributed by atoms with Gasteiger partial charge in [0.25, 0.3) is 0 Å². The molecule has 0 saturated heterocycles. The number of hydrogen-bond donors (Lipinski definition) is 3. The van der Waals surface area contributed by atoms with Crippen molar-refractivity contribution < 1.29 is 13.2 Å². The summed E-state index contributed by atoms with van der Waals surface area (Å²) < 4.78 is 22.4. The fourth-order valence-electron chi connectivity index (χ4n) is 2.31. The van der Waals surface area contributed by atoms with Crippen LogP contribution in [-0.2, 0) is 27.8 Å². The zero-order valence-corrected chi connectivity index (χ0v) is 14.9. The van der Waals surface area contributed by atoms with Gasteiger partial charge in [-0.2, -0.15) is 0 Å². The van der Waals surface area contributed by atoms with Crippen molar-refractivity contribution in [3.8, 4) is 0 Å². The van der Waals surface area contributed by atoms with Crippen molar-refractivity contribution in [2.75, 3.05) is 6.54 Å². The second kappa shape index (κ2) is 8.75. The fraction of sp³-hybridized carbons (Fsp3) is 0.278. The van der Waals surface area contributed by atoms with Gasteiger partial charge in [-0.15, -0.1) is 0 Å². The van der Waals surface area contributed by atoms with Gasteiger partial charge >= 0.3 is 0 Å². The zero-order valence-electron chi connectivity index (χ0n) is 14.1. The average molecular weight is 361 g/mol. The average Bonchev–Trinajstić information content (AvgIpc) is 2.60. The Morgan fingerprint density at radius 3 is 2.28 bits per heavy atom. The van der Waals surface area contributed by atoms with E-state index in [9.17, 15) is 13.2 Å². The van der Waals surface area contributed by atoms with Crippen molar-refractivity contribution in [2.24, 2.45) is 5.14 Å². The lowest BCUT2D eigenvalue weighted by Crippen LogP contribution is -2.42. The first kappa shape index (κ1) is 19.1. The number of nitrogens with two attached hydrogens (primary N) is 1. The van der Waals surface area contributed by atoms with Gasteiger partial charge in [-0.25, -0.2) is 13.6 Å². The lowest BCUT2D eigenvalue weighted by Gasteiger charge is -2.14. The van der Waals surface area contributed by atoms with Crippen molar-refractivity contribution in [1.82, 2.24) is 10.6 Å². The Balaban J connectivity index is 1.74. The van der Waals surface area contributed by atoms with Crippen LogP contribution in [0.3, 0.4) is 0 Å². The first-order chi connectivity index (χ1) is 11.9. The van der Waals surface area contributed by atoms with Crippen LogP contribution in [0.2, 0.25) is 0 Å². The fourth-order valence-corrected chi connectivity index (χ4v) is 2.83. The maximum atomic E-state index is 12.1. The summed E-state index contributed by atoms with van der Waals surface area (Å²) in [5.74, 6) is -0.0616. The van der Waals surface area contributed by atoms with Crippen molar-refractivity contribution in [3.63, 3.8) is 0 Å². The van der Waals surface area contributed by atoms with Crippen LogP contribution in [0.25, 0.3) is 0 Å². The number of nitrogens with one attached hydrogen (secondary N) is 2. The van der Waals surface area contributed by atoms with Crippen LogP contribution < -0.4 is 15.8 Å². The molecule has 1 amide bonds. The molecule has 0 aliphatic heterocycles. The molecule has 134 valence electrons. The van der Waals surface area contributed by atoms with Crippen LogP contribution in [0.4, 0.5) is 0 Å². The van der Waals surface area contributed by atoms with E-state index in [4.69, 9.17) is 5.14 Å². The van der Waals surface area contributed by atoms with Crippen LogP contribution in [0.15, 0.2) is 59.5 Å². The summed E-state index contributed by atoms with van der Waals surface area (Å²) in [6.45, 7) is 2.92. The Morgan fingerprint density at radius 1 is 1.04 bits per heavy atom. The number of benzene rings is 2. The molecule has 0 heterocycles. The molecule has 0 aliphatic rings. The number of sulfonamides is 1. The van der Waals surface area contributed by atoms with E-state index < -0.39 is 10.0 Å². The third-order valence-corrected chi connectivity index (χ3v) is 4.75. The monoisotopic (exact) mass is 361 g/mol. The Hall–Kier alpha value is -2.22. The minimum atomic E-state index is -3.66. The third kappa shape index (κ3) is 6.30. The minimum Gasteiger partial charge on any atom is -0.351 e. The molecular formula is C18H23N3O3S. The largest absolute Gasteiger partial charge is 0.351 e. The normalized spacial score (nSPS) is 12.6. The molecule has 4 N–H and O–H groups in total. The molecule has 2 aromatic carbocycles. The van der Waals surface area contributed by atoms with Gasteiger partial charge in [0.1, 0.15) is 0 Å². The first-order valence-corrected chi connectivity index (χ1v) is 9.57. The second-order valence-corrected chi connectivity index (χ2v) is 7.38. The van der Waals surface area contributed by atoms with Crippen molar-refractivity contribution in [3.05, 3.63) is 65.7 Å². The molecule has 7 heteroatoms. The van der Waals surface area contributed by atoms with Gasteiger partial charge < -0.3 is 10.6 Å². The molecule has 0 radical (unpaired) electrons. The van der Waals surface area contributed by atoms with E-state index in [0.29, 0.717) is 19.5 Å². The minimum absolute atomic E-state index is 0.0616. The van der Waals surface area contributed by atoms with Gasteiger partial charge in [0.2, 0.25) is 15.9 Å². The van der Waals surface area contributed by atoms with Crippen LogP contribution in [0.5, 0.6) is 0 Å². The lowest BCUT2D eigenvalue weighted by molar-refractivity contribution is -0.122. The lowest BCUT2D eigenvalue weighted by atomic mass is 10.1. The summed E-state index contributed by atoms with van der Waals surface area (Å²) in [6.07, 6.45) is 0.682. The number of carbonyl (C=O) groups is 1. The number of amides is 1. The predicted molar refractivity (Wildman–Crippen MR) is 97.3 cm³/mol. The van der Waals surface area contributed by atoms with Crippen molar-refractivity contribution in [2.45, 2.75) is 30.8 Å². The number of carbonyl (C=O) groups excluding carboxylic acids is 1. The van der Waals surface area contributed by atoms with Crippen LogP contribution in [-0.4, -0.2) is 26.9 Å². The van der Waals surface area contributed by atoms with E-state index in [-0.39, 0.29) is 16.8 Å². The van der Waals surface area contributed by atoms with Crippen molar-refractivity contribution >= 4 is 15.9 Å². The topological polar surface area (TPSA) is 101 Å². The summed E-state index contributed by atoms with van der Waals surface area (Å²) in [4.78, 5) is 12.2. The molecule has 2 aromatic rings. The van der Waals surface area contributed by atoms with E-state index in [0.717, 1.165) is 11.1 Å². The van der Waals surface area contributed by atoms with Crippen LogP contribution >= 0.6 is 0 Å². The summed E-state index contributed by atoms with van der Waals surface area (Å²) >= 11 is 0. The van der Waals surface area contributed by atoms with Gasteiger partial charge in [-0.05, 0) is 43.1 Å². The number of rotatable bonds is 8. The highest BCUT2D eigenvalue weighted by atomic mass is 32.2. The van der Waals surface area contributed by atoms with E-state index in [1.54, 1.807) is 12.1 Å². The van der Waals surface area contributed by atoms with Crippen molar-refractivity contribution in [1.29, 1.82) is 0 Å². The van der Waals surface area contributed by atoms with Gasteiger partial charge in [0.15, 0.2) is 0 Å². The maximum absolute atomic E-state index is 12.1. The van der Waals surface area contributed by atoms with E-state index >= 15 is 0 Å². The molecular weight excluding hydrogens is 338 g/mol. The molecule has 1 atom stereocenters. The highest BCUT2D eigenvalue weighted by Gasteiger charge is 2.11. The zero-order chi connectivity index (χ0) is 18.3. The molecule has 0 unspecified atom stereocenters. The molecule has 0 bridgehead atoms. The molecule has 2 rings (SSSR count). The SMILES string of the molecule is C[C@H](NCCc1ccc(S(N)(=O)=O)cc1)C(=O)NCc1ccccc1. The smallest absolute Gasteiger partial charge is 0.238 e. The summed E-state index contributed by atoms with van der Waals surface area (Å²) in [5, 5.41) is 11.1. The third-order valence-electron chi connectivity index (χ3n) is 3.82. The number of primary sulfonamides is 1. The Morgan fingerprint density at radius 2 is 1.68 bits per heavy atom. The Labute approximate surface area is 148 Å². The molecule has 0 aromatic heterocycles. The summed E-state index contributed by atoms with van der Waals surface area (Å²) in [5.41, 5.74) is 2.02. The molecule has 0 spiro atoms. The predicted octanol–water partition coefficient (Wildman–Crippen LogP) is 1.17. The Bertz CT molecular complexity index is 790. The van der Waals surface area contributed by atoms with Crippen LogP contribution in [0.1, 0.15) is 18.1 Å². The first-order valence-electron chi connectivity index (χ1n) is 8.03. The highest BCUT2D eigenvalue weighted by Crippen LogP contribution is 2.09. The standard InChI is InChI=1S/C18H23N3O3S/c1-14(18(22)21-13-16-5-3-2-4-6-16)20-12-11-15-7-9-17(10-8-15)25(19,23)24/h2-10,14,20H,11-13H2,1H3,(H,21,22)(H2,19,23,24)/t14-/m0/s1. The van der Waals surface area contributed by atoms with E-state index in [1.807, 2.05) is 37.3 Å². The van der Waals surface area contributed by atoms with Gasteiger partial charge in [0.05, 0.1) is 10.9 Å². The Kier molecular flexibility index (Phi) is 6.69. The van der Waals surface area contributed by atoms with E-state index in [1.165, 1.54) is 12.1 Å². The molecule has 6 nitrogen and oxygen atoms in total. The van der Waals surface area contributed by atoms with E-state index in [2.05, 4.69) is 10.6 Å². The quantitative estimate of drug-likeness (QED) is 0.657. The summed E-state index contributed by atoms with van der Waals surface area (Å²) in [7, 11) is -3.66. The molecule has 0 saturated carbocycles. The van der Waals surface area contributed by atoms with Gasteiger partial charge in [0, 0.05) is 6.54 Å². The highest BCUT2D eigenvalue weighted by molar-refractivity contribution is 7.89. The maximum Gasteiger partial charge on any atom is 0.238 e. The second-order valence-electron chi connectivity index (χ2n) is 5.82. The number of hydrogen-bond acceptors (Lipinski definition) is 4. The molecule has 0 fully saturated rings. The molecule has 25 heavy (non-hydrogen) atoms. The summed E-state index contributed by atoms with van der Waals surface area (Å²) in [6, 6.07) is 15.8. The molecule has 0 aliphatic carbocycles.